The van der Waals surface area contributed by atoms with E-state index in [-0.39, 0.29) is 10.8 Å². The summed E-state index contributed by atoms with van der Waals surface area (Å²) in [6.07, 6.45) is 1.17. The van der Waals surface area contributed by atoms with Crippen molar-refractivity contribution in [2.75, 3.05) is 6.26 Å². The van der Waals surface area contributed by atoms with Crippen molar-refractivity contribution in [1.82, 2.24) is 0 Å². The second kappa shape index (κ2) is 3.59. The van der Waals surface area contributed by atoms with E-state index in [0.717, 1.165) is 4.88 Å². The van der Waals surface area contributed by atoms with Gasteiger partial charge in [0.2, 0.25) is 0 Å². The molecule has 0 aliphatic heterocycles. The third-order valence-electron chi connectivity index (χ3n) is 1.65. The van der Waals surface area contributed by atoms with Gasteiger partial charge in [0.15, 0.2) is 9.84 Å². The van der Waals surface area contributed by atoms with Crippen LogP contribution in [-0.4, -0.2) is 14.7 Å². The summed E-state index contributed by atoms with van der Waals surface area (Å²) in [6.45, 7) is 3.98. The molecule has 0 radical (unpaired) electrons. The summed E-state index contributed by atoms with van der Waals surface area (Å²) in [6, 6.07) is 0. The normalized spacial score (nSPS) is 12.4. The van der Waals surface area contributed by atoms with Crippen molar-refractivity contribution >= 4 is 32.8 Å². The van der Waals surface area contributed by atoms with Gasteiger partial charge in [-0.1, -0.05) is 25.4 Å². The number of rotatable bonds is 2. The Morgan fingerprint density at radius 1 is 1.46 bits per heavy atom. The van der Waals surface area contributed by atoms with Crippen LogP contribution in [0.15, 0.2) is 10.3 Å². The van der Waals surface area contributed by atoms with Crippen LogP contribution >= 0.6 is 22.9 Å². The fourth-order valence-corrected chi connectivity index (χ4v) is 4.05. The summed E-state index contributed by atoms with van der Waals surface area (Å²) in [5.41, 5.74) is 0. The predicted octanol–water partition coefficient (Wildman–Crippen LogP) is 2.93. The van der Waals surface area contributed by atoms with Crippen molar-refractivity contribution in [2.24, 2.45) is 0 Å². The van der Waals surface area contributed by atoms with E-state index >= 15 is 0 Å². The number of sulfone groups is 1. The molecule has 0 fully saturated rings. The van der Waals surface area contributed by atoms with E-state index in [9.17, 15) is 8.42 Å². The first-order valence-electron chi connectivity index (χ1n) is 3.81. The highest BCUT2D eigenvalue weighted by atomic mass is 35.5. The maximum absolute atomic E-state index is 11.2. The van der Waals surface area contributed by atoms with Crippen molar-refractivity contribution in [3.8, 4) is 0 Å². The van der Waals surface area contributed by atoms with E-state index in [1.807, 2.05) is 13.8 Å². The highest BCUT2D eigenvalue weighted by Crippen LogP contribution is 2.35. The lowest BCUT2D eigenvalue weighted by atomic mass is 10.2. The molecule has 5 heteroatoms. The van der Waals surface area contributed by atoms with E-state index in [1.165, 1.54) is 17.6 Å². The van der Waals surface area contributed by atoms with E-state index in [0.29, 0.717) is 5.02 Å². The minimum absolute atomic E-state index is 0.253. The van der Waals surface area contributed by atoms with Gasteiger partial charge >= 0.3 is 0 Å². The lowest BCUT2D eigenvalue weighted by Crippen LogP contribution is -1.95. The highest BCUT2D eigenvalue weighted by molar-refractivity contribution is 7.91. The molecule has 0 atom stereocenters. The summed E-state index contributed by atoms with van der Waals surface area (Å²) in [5.74, 6) is 0.271. The Bertz CT molecular complexity index is 404. The van der Waals surface area contributed by atoms with Gasteiger partial charge in [-0.25, -0.2) is 8.42 Å². The van der Waals surface area contributed by atoms with Crippen LogP contribution in [0.5, 0.6) is 0 Å². The Balaban J connectivity index is 3.30. The quantitative estimate of drug-likeness (QED) is 0.794. The zero-order chi connectivity index (χ0) is 10.2. The average Bonchev–Trinajstić information content (AvgIpc) is 2.28. The minimum Gasteiger partial charge on any atom is -0.224 e. The van der Waals surface area contributed by atoms with Gasteiger partial charge in [0.25, 0.3) is 0 Å². The van der Waals surface area contributed by atoms with Gasteiger partial charge in [-0.2, -0.15) is 0 Å². The number of thiophene rings is 1. The van der Waals surface area contributed by atoms with Crippen LogP contribution in [0.2, 0.25) is 5.02 Å². The minimum atomic E-state index is -3.17. The number of hydrogen-bond donors (Lipinski definition) is 0. The first-order chi connectivity index (χ1) is 5.84. The molecule has 0 saturated heterocycles. The molecule has 74 valence electrons. The molecule has 0 aromatic carbocycles. The van der Waals surface area contributed by atoms with Crippen molar-refractivity contribution in [3.05, 3.63) is 15.3 Å². The van der Waals surface area contributed by atoms with Crippen LogP contribution in [0.4, 0.5) is 0 Å². The monoisotopic (exact) mass is 238 g/mol. The average molecular weight is 239 g/mol. The van der Waals surface area contributed by atoms with Gasteiger partial charge in [0, 0.05) is 16.5 Å². The fourth-order valence-electron chi connectivity index (χ4n) is 0.982. The summed E-state index contributed by atoms with van der Waals surface area (Å²) in [4.78, 5) is 1.19. The molecule has 0 bridgehead atoms. The first-order valence-corrected chi connectivity index (χ1v) is 6.96. The molecule has 2 nitrogen and oxygen atoms in total. The van der Waals surface area contributed by atoms with Crippen LogP contribution in [0.3, 0.4) is 0 Å². The van der Waals surface area contributed by atoms with Crippen LogP contribution < -0.4 is 0 Å². The van der Waals surface area contributed by atoms with Crippen molar-refractivity contribution in [1.29, 1.82) is 0 Å². The first kappa shape index (κ1) is 11.0. The summed E-state index contributed by atoms with van der Waals surface area (Å²) >= 11 is 7.34. The Labute approximate surface area is 87.5 Å². The van der Waals surface area contributed by atoms with Crippen molar-refractivity contribution in [2.45, 2.75) is 24.7 Å². The summed E-state index contributed by atoms with van der Waals surface area (Å²) < 4.78 is 22.4. The molecule has 1 aromatic rings. The molecule has 0 saturated carbocycles. The van der Waals surface area contributed by atoms with Crippen LogP contribution in [-0.2, 0) is 9.84 Å². The van der Waals surface area contributed by atoms with Gasteiger partial charge in [0.1, 0.15) is 0 Å². The topological polar surface area (TPSA) is 34.1 Å². The van der Waals surface area contributed by atoms with Gasteiger partial charge < -0.3 is 0 Å². The Kier molecular flexibility index (Phi) is 3.05. The Morgan fingerprint density at radius 3 is 2.23 bits per heavy atom. The molecule has 0 amide bonds. The molecule has 1 rings (SSSR count). The number of halogens is 1. The van der Waals surface area contributed by atoms with Crippen molar-refractivity contribution in [3.63, 3.8) is 0 Å². The van der Waals surface area contributed by atoms with Gasteiger partial charge in [-0.05, 0) is 5.92 Å². The van der Waals surface area contributed by atoms with Crippen LogP contribution in [0.25, 0.3) is 0 Å². The molecule has 0 unspecified atom stereocenters. The largest absolute Gasteiger partial charge is 0.224 e. The Hall–Kier alpha value is -0.0600. The lowest BCUT2D eigenvalue weighted by Gasteiger charge is -2.01. The summed E-state index contributed by atoms with van der Waals surface area (Å²) in [7, 11) is -3.17. The van der Waals surface area contributed by atoms with E-state index in [1.54, 1.807) is 5.38 Å². The molecule has 13 heavy (non-hydrogen) atoms. The van der Waals surface area contributed by atoms with E-state index in [4.69, 9.17) is 11.6 Å². The van der Waals surface area contributed by atoms with Gasteiger partial charge in [-0.15, -0.1) is 11.3 Å². The van der Waals surface area contributed by atoms with Gasteiger partial charge in [0.05, 0.1) is 9.92 Å². The molecule has 0 aliphatic carbocycles. The molecule has 1 heterocycles. The van der Waals surface area contributed by atoms with Crippen LogP contribution in [0.1, 0.15) is 24.6 Å². The predicted molar refractivity (Wildman–Crippen MR) is 56.5 cm³/mol. The second-order valence-electron chi connectivity index (χ2n) is 3.21. The van der Waals surface area contributed by atoms with Crippen LogP contribution in [0, 0.1) is 0 Å². The number of hydrogen-bond acceptors (Lipinski definition) is 3. The summed E-state index contributed by atoms with van der Waals surface area (Å²) in [5, 5.41) is 2.00. The maximum Gasteiger partial charge on any atom is 0.177 e. The molecule has 0 aliphatic rings. The smallest absolute Gasteiger partial charge is 0.177 e. The third kappa shape index (κ3) is 2.24. The standard InChI is InChI=1S/C8H11ClO2S2/c1-5(2)8-7(9)6(4-12-8)13(3,10)11/h4-5H,1-3H3. The van der Waals surface area contributed by atoms with Gasteiger partial charge in [-0.3, -0.25) is 0 Å². The second-order valence-corrected chi connectivity index (χ2v) is 6.48. The van der Waals surface area contributed by atoms with E-state index < -0.39 is 9.84 Å². The van der Waals surface area contributed by atoms with E-state index in [2.05, 4.69) is 0 Å². The lowest BCUT2D eigenvalue weighted by molar-refractivity contribution is 0.602. The SMILES string of the molecule is CC(C)c1scc(S(C)(=O)=O)c1Cl. The Morgan fingerprint density at radius 2 is 2.00 bits per heavy atom. The zero-order valence-electron chi connectivity index (χ0n) is 7.67. The molecular weight excluding hydrogens is 228 g/mol. The highest BCUT2D eigenvalue weighted by Gasteiger charge is 2.18. The molecular formula is C8H11ClO2S2. The maximum atomic E-state index is 11.2. The molecule has 0 N–H and O–H groups in total. The third-order valence-corrected chi connectivity index (χ3v) is 4.83. The molecule has 0 spiro atoms. The zero-order valence-corrected chi connectivity index (χ0v) is 10.1. The fraction of sp³-hybridized carbons (Fsp3) is 0.500. The molecule has 1 aromatic heterocycles. The van der Waals surface area contributed by atoms with Crippen molar-refractivity contribution < 1.29 is 8.42 Å².